The van der Waals surface area contributed by atoms with Crippen LogP contribution in [0.1, 0.15) is 26.7 Å². The summed E-state index contributed by atoms with van der Waals surface area (Å²) in [7, 11) is 0. The lowest BCUT2D eigenvalue weighted by Gasteiger charge is -2.35. The van der Waals surface area contributed by atoms with E-state index >= 15 is 0 Å². The lowest BCUT2D eigenvalue weighted by Crippen LogP contribution is -2.49. The van der Waals surface area contributed by atoms with Gasteiger partial charge in [-0.15, -0.1) is 0 Å². The minimum Gasteiger partial charge on any atom is -0.374 e. The summed E-state index contributed by atoms with van der Waals surface area (Å²) in [5.74, 6) is 1.28. The average molecular weight is 260 g/mol. The maximum atomic E-state index is 5.78. The summed E-state index contributed by atoms with van der Waals surface area (Å²) in [4.78, 5) is 2.50. The molecule has 0 saturated carbocycles. The summed E-state index contributed by atoms with van der Waals surface area (Å²) < 4.78 is 5.78. The number of rotatable bonds is 8. The maximum absolute atomic E-state index is 5.78. The molecule has 0 aromatic heterocycles. The first kappa shape index (κ1) is 15.3. The zero-order valence-corrected chi connectivity index (χ0v) is 12.4. The molecule has 0 spiro atoms. The molecular weight excluding hydrogens is 232 g/mol. The topological polar surface area (TPSA) is 24.5 Å². The maximum Gasteiger partial charge on any atom is 0.0826 e. The molecule has 102 valence electrons. The first-order chi connectivity index (χ1) is 8.24. The van der Waals surface area contributed by atoms with Crippen molar-refractivity contribution in [3.05, 3.63) is 0 Å². The summed E-state index contributed by atoms with van der Waals surface area (Å²) in [6, 6.07) is 0.642. The highest BCUT2D eigenvalue weighted by Crippen LogP contribution is 2.08. The van der Waals surface area contributed by atoms with Gasteiger partial charge in [-0.25, -0.2) is 0 Å². The molecule has 1 unspecified atom stereocenters. The summed E-state index contributed by atoms with van der Waals surface area (Å²) >= 11 is 1.93. The van der Waals surface area contributed by atoms with Gasteiger partial charge < -0.3 is 10.1 Å². The van der Waals surface area contributed by atoms with Crippen LogP contribution in [0.3, 0.4) is 0 Å². The van der Waals surface area contributed by atoms with Crippen LogP contribution >= 0.6 is 11.8 Å². The van der Waals surface area contributed by atoms with Gasteiger partial charge in [0, 0.05) is 25.7 Å². The van der Waals surface area contributed by atoms with Crippen LogP contribution in [0.15, 0.2) is 0 Å². The van der Waals surface area contributed by atoms with E-state index in [-0.39, 0.29) is 0 Å². The number of unbranched alkanes of at least 4 members (excludes halogenated alkanes) is 1. The highest BCUT2D eigenvalue weighted by atomic mass is 32.2. The second kappa shape index (κ2) is 9.20. The zero-order valence-electron chi connectivity index (χ0n) is 11.6. The first-order valence-electron chi connectivity index (χ1n) is 6.79. The first-order valence-corrected chi connectivity index (χ1v) is 8.18. The van der Waals surface area contributed by atoms with Gasteiger partial charge in [0.05, 0.1) is 12.7 Å². The fourth-order valence-corrected chi connectivity index (χ4v) is 2.59. The molecule has 0 aromatic carbocycles. The fraction of sp³-hybridized carbons (Fsp3) is 1.00. The predicted molar refractivity (Wildman–Crippen MR) is 76.9 cm³/mol. The van der Waals surface area contributed by atoms with Crippen molar-refractivity contribution in [1.29, 1.82) is 0 Å². The zero-order chi connectivity index (χ0) is 12.5. The van der Waals surface area contributed by atoms with E-state index in [9.17, 15) is 0 Å². The van der Waals surface area contributed by atoms with Crippen LogP contribution in [0.25, 0.3) is 0 Å². The molecule has 1 saturated heterocycles. The van der Waals surface area contributed by atoms with Gasteiger partial charge in [0.1, 0.15) is 0 Å². The fourth-order valence-electron chi connectivity index (χ4n) is 2.09. The van der Waals surface area contributed by atoms with E-state index in [1.807, 2.05) is 11.8 Å². The Balaban J connectivity index is 2.02. The summed E-state index contributed by atoms with van der Waals surface area (Å²) in [5, 5.41) is 3.51. The van der Waals surface area contributed by atoms with Crippen molar-refractivity contribution in [3.63, 3.8) is 0 Å². The Morgan fingerprint density at radius 3 is 2.94 bits per heavy atom. The number of nitrogens with zero attached hydrogens (tertiary/aromatic N) is 1. The number of thioether (sulfide) groups is 1. The van der Waals surface area contributed by atoms with Gasteiger partial charge >= 0.3 is 0 Å². The lowest BCUT2D eigenvalue weighted by atomic mass is 10.2. The minimum atomic E-state index is 0.381. The molecule has 1 rings (SSSR count). The van der Waals surface area contributed by atoms with E-state index < -0.39 is 0 Å². The summed E-state index contributed by atoms with van der Waals surface area (Å²) in [5.41, 5.74) is 0. The largest absolute Gasteiger partial charge is 0.374 e. The minimum absolute atomic E-state index is 0.381. The van der Waals surface area contributed by atoms with E-state index in [1.165, 1.54) is 18.6 Å². The Hall–Kier alpha value is 0.230. The Bertz CT molecular complexity index is 190. The second-order valence-corrected chi connectivity index (χ2v) is 5.97. The number of hydrogen-bond donors (Lipinski definition) is 1. The normalized spacial score (nSPS) is 22.2. The van der Waals surface area contributed by atoms with E-state index in [1.54, 1.807) is 0 Å². The van der Waals surface area contributed by atoms with Crippen LogP contribution in [0, 0.1) is 0 Å². The van der Waals surface area contributed by atoms with Gasteiger partial charge in [-0.1, -0.05) is 0 Å². The Labute approximate surface area is 111 Å². The van der Waals surface area contributed by atoms with Crippen molar-refractivity contribution < 1.29 is 4.74 Å². The number of ether oxygens (including phenoxy) is 1. The molecule has 1 aliphatic rings. The van der Waals surface area contributed by atoms with Crippen molar-refractivity contribution in [2.75, 3.05) is 44.8 Å². The third-order valence-electron chi connectivity index (χ3n) is 3.22. The SMILES string of the molecule is CSCCCCNCC1CN(C(C)C)CCO1. The number of morpholine rings is 1. The van der Waals surface area contributed by atoms with Crippen LogP contribution < -0.4 is 5.32 Å². The van der Waals surface area contributed by atoms with Gasteiger partial charge in [-0.3, -0.25) is 4.90 Å². The van der Waals surface area contributed by atoms with Gasteiger partial charge in [0.15, 0.2) is 0 Å². The monoisotopic (exact) mass is 260 g/mol. The van der Waals surface area contributed by atoms with Gasteiger partial charge in [0.2, 0.25) is 0 Å². The molecule has 17 heavy (non-hydrogen) atoms. The molecule has 4 heteroatoms. The Morgan fingerprint density at radius 2 is 2.24 bits per heavy atom. The quantitative estimate of drug-likeness (QED) is 0.673. The van der Waals surface area contributed by atoms with E-state index in [2.05, 4.69) is 30.3 Å². The highest BCUT2D eigenvalue weighted by Gasteiger charge is 2.21. The summed E-state index contributed by atoms with van der Waals surface area (Å²) in [6.07, 6.45) is 5.15. The van der Waals surface area contributed by atoms with E-state index in [4.69, 9.17) is 4.74 Å². The molecule has 1 N–H and O–H groups in total. The molecule has 1 fully saturated rings. The number of hydrogen-bond acceptors (Lipinski definition) is 4. The van der Waals surface area contributed by atoms with Crippen LogP contribution in [-0.2, 0) is 4.74 Å². The van der Waals surface area contributed by atoms with Crippen molar-refractivity contribution in [1.82, 2.24) is 10.2 Å². The van der Waals surface area contributed by atoms with Crippen LogP contribution in [0.5, 0.6) is 0 Å². The third kappa shape index (κ3) is 6.65. The molecule has 0 aliphatic carbocycles. The van der Waals surface area contributed by atoms with Gasteiger partial charge in [-0.05, 0) is 45.2 Å². The predicted octanol–water partition coefficient (Wildman–Crippen LogP) is 1.83. The Kier molecular flexibility index (Phi) is 8.27. The standard InChI is InChI=1S/C13H28N2OS/c1-12(2)15-7-8-16-13(11-15)10-14-6-4-5-9-17-3/h12-14H,4-11H2,1-3H3. The van der Waals surface area contributed by atoms with Gasteiger partial charge in [-0.2, -0.15) is 11.8 Å². The van der Waals surface area contributed by atoms with Crippen LogP contribution in [0.4, 0.5) is 0 Å². The highest BCUT2D eigenvalue weighted by molar-refractivity contribution is 7.98. The van der Waals surface area contributed by atoms with Crippen LogP contribution in [0.2, 0.25) is 0 Å². The van der Waals surface area contributed by atoms with Crippen molar-refractivity contribution in [3.8, 4) is 0 Å². The third-order valence-corrected chi connectivity index (χ3v) is 3.92. The van der Waals surface area contributed by atoms with Crippen molar-refractivity contribution in [2.24, 2.45) is 0 Å². The second-order valence-electron chi connectivity index (χ2n) is 4.99. The smallest absolute Gasteiger partial charge is 0.0826 e. The molecule has 1 aliphatic heterocycles. The van der Waals surface area contributed by atoms with Crippen molar-refractivity contribution in [2.45, 2.75) is 38.8 Å². The molecule has 0 aromatic rings. The van der Waals surface area contributed by atoms with E-state index in [0.29, 0.717) is 12.1 Å². The molecule has 0 radical (unpaired) electrons. The Morgan fingerprint density at radius 1 is 1.41 bits per heavy atom. The molecule has 1 heterocycles. The number of nitrogens with one attached hydrogen (secondary N) is 1. The molecule has 1 atom stereocenters. The lowest BCUT2D eigenvalue weighted by molar-refractivity contribution is -0.0370. The van der Waals surface area contributed by atoms with Crippen molar-refractivity contribution >= 4 is 11.8 Å². The van der Waals surface area contributed by atoms with Crippen LogP contribution in [-0.4, -0.2) is 61.8 Å². The summed E-state index contributed by atoms with van der Waals surface area (Å²) in [6.45, 7) is 9.70. The van der Waals surface area contributed by atoms with Gasteiger partial charge in [0.25, 0.3) is 0 Å². The molecule has 3 nitrogen and oxygen atoms in total. The average Bonchev–Trinajstić information content (AvgIpc) is 2.34. The van der Waals surface area contributed by atoms with E-state index in [0.717, 1.165) is 32.8 Å². The molecule has 0 amide bonds. The molecular formula is C13H28N2OS. The molecule has 0 bridgehead atoms.